The lowest BCUT2D eigenvalue weighted by Gasteiger charge is -2.19. The van der Waals surface area contributed by atoms with Crippen molar-refractivity contribution in [3.05, 3.63) is 29.8 Å². The van der Waals surface area contributed by atoms with Crippen LogP contribution in [0.4, 0.5) is 13.2 Å². The Kier molecular flexibility index (Phi) is 9.99. The summed E-state index contributed by atoms with van der Waals surface area (Å²) in [4.78, 5) is 5.75. The maximum absolute atomic E-state index is 12.3. The van der Waals surface area contributed by atoms with E-state index < -0.39 is 12.7 Å². The maximum Gasteiger partial charge on any atom is 0.401 e. The molecule has 0 amide bonds. The standard InChI is InChI=1S/C19H31F3N4O/c1-5-23-18(25-12-13-26(3)14-19(20,21)22)24-11-10-15(2)16-6-8-17(27-4)9-7-16/h6-9,15H,5,10-14H2,1-4H3,(H2,23,24,25). The second-order valence-corrected chi connectivity index (χ2v) is 6.50. The molecule has 0 aromatic heterocycles. The molecule has 0 aliphatic carbocycles. The van der Waals surface area contributed by atoms with Crippen molar-refractivity contribution >= 4 is 5.96 Å². The van der Waals surface area contributed by atoms with Crippen LogP contribution in [0.3, 0.4) is 0 Å². The van der Waals surface area contributed by atoms with Crippen LogP contribution in [0, 0.1) is 0 Å². The summed E-state index contributed by atoms with van der Waals surface area (Å²) in [5, 5.41) is 6.19. The van der Waals surface area contributed by atoms with E-state index in [1.807, 2.05) is 31.2 Å². The number of likely N-dealkylation sites (N-methyl/N-ethyl adjacent to an activating group) is 1. The lowest BCUT2D eigenvalue weighted by Crippen LogP contribution is -2.42. The van der Waals surface area contributed by atoms with Crippen LogP contribution in [0.15, 0.2) is 29.3 Å². The summed E-state index contributed by atoms with van der Waals surface area (Å²) in [6, 6.07) is 7.98. The first-order valence-corrected chi connectivity index (χ1v) is 9.16. The third-order valence-corrected chi connectivity index (χ3v) is 4.10. The number of aliphatic imine (C=N–C) groups is 1. The van der Waals surface area contributed by atoms with Gasteiger partial charge < -0.3 is 15.4 Å². The van der Waals surface area contributed by atoms with Gasteiger partial charge in [-0.25, -0.2) is 0 Å². The first kappa shape index (κ1) is 23.1. The predicted molar refractivity (Wildman–Crippen MR) is 104 cm³/mol. The van der Waals surface area contributed by atoms with E-state index in [9.17, 15) is 13.2 Å². The molecule has 1 aromatic rings. The number of ether oxygens (including phenoxy) is 1. The number of benzene rings is 1. The number of hydrogen-bond donors (Lipinski definition) is 2. The zero-order valence-corrected chi connectivity index (χ0v) is 16.6. The van der Waals surface area contributed by atoms with Gasteiger partial charge in [-0.1, -0.05) is 19.1 Å². The van der Waals surface area contributed by atoms with E-state index in [1.54, 1.807) is 7.11 Å². The summed E-state index contributed by atoms with van der Waals surface area (Å²) in [7, 11) is 3.10. The quantitative estimate of drug-likeness (QED) is 0.477. The molecule has 0 radical (unpaired) electrons. The van der Waals surface area contributed by atoms with Gasteiger partial charge in [0.15, 0.2) is 5.96 Å². The molecule has 1 aromatic carbocycles. The van der Waals surface area contributed by atoms with Crippen LogP contribution in [0.1, 0.15) is 31.7 Å². The van der Waals surface area contributed by atoms with Crippen LogP contribution >= 0.6 is 0 Å². The van der Waals surface area contributed by atoms with Gasteiger partial charge in [-0.3, -0.25) is 9.89 Å². The Morgan fingerprint density at radius 3 is 2.44 bits per heavy atom. The summed E-state index contributed by atoms with van der Waals surface area (Å²) in [6.07, 6.45) is -3.30. The molecule has 27 heavy (non-hydrogen) atoms. The van der Waals surface area contributed by atoms with Crippen LogP contribution in [0.2, 0.25) is 0 Å². The number of halogens is 3. The van der Waals surface area contributed by atoms with Crippen LogP contribution in [-0.2, 0) is 0 Å². The third kappa shape index (κ3) is 10.1. The van der Waals surface area contributed by atoms with Crippen LogP contribution in [0.25, 0.3) is 0 Å². The summed E-state index contributed by atoms with van der Waals surface area (Å²) in [6.45, 7) is 5.18. The van der Waals surface area contributed by atoms with E-state index in [1.165, 1.54) is 17.5 Å². The number of hydrogen-bond acceptors (Lipinski definition) is 3. The largest absolute Gasteiger partial charge is 0.497 e. The van der Waals surface area contributed by atoms with E-state index in [4.69, 9.17) is 4.74 Å². The van der Waals surface area contributed by atoms with Gasteiger partial charge >= 0.3 is 6.18 Å². The third-order valence-electron chi connectivity index (χ3n) is 4.10. The van der Waals surface area contributed by atoms with Gasteiger partial charge in [0.1, 0.15) is 5.75 Å². The average Bonchev–Trinajstić information content (AvgIpc) is 2.60. The summed E-state index contributed by atoms with van der Waals surface area (Å²) < 4.78 is 42.2. The smallest absolute Gasteiger partial charge is 0.401 e. The van der Waals surface area contributed by atoms with Gasteiger partial charge in [-0.15, -0.1) is 0 Å². The number of nitrogens with zero attached hydrogens (tertiary/aromatic N) is 2. The van der Waals surface area contributed by atoms with Crippen molar-refractivity contribution in [2.75, 3.05) is 46.9 Å². The molecule has 8 heteroatoms. The Morgan fingerprint density at radius 2 is 1.89 bits per heavy atom. The van der Waals surface area contributed by atoms with Gasteiger partial charge in [0.2, 0.25) is 0 Å². The van der Waals surface area contributed by atoms with Gasteiger partial charge in [0.05, 0.1) is 13.7 Å². The molecule has 0 bridgehead atoms. The molecule has 154 valence electrons. The van der Waals surface area contributed by atoms with Gasteiger partial charge in [-0.2, -0.15) is 13.2 Å². The number of methoxy groups -OCH3 is 1. The predicted octanol–water partition coefficient (Wildman–Crippen LogP) is 3.24. The van der Waals surface area contributed by atoms with Crippen LogP contribution in [0.5, 0.6) is 5.75 Å². The van der Waals surface area contributed by atoms with Crippen molar-refractivity contribution in [2.24, 2.45) is 4.99 Å². The van der Waals surface area contributed by atoms with Crippen molar-refractivity contribution < 1.29 is 17.9 Å². The monoisotopic (exact) mass is 388 g/mol. The zero-order valence-electron chi connectivity index (χ0n) is 16.6. The molecule has 0 aliphatic heterocycles. The van der Waals surface area contributed by atoms with E-state index >= 15 is 0 Å². The molecule has 0 aliphatic rings. The lowest BCUT2D eigenvalue weighted by molar-refractivity contribution is -0.142. The Bertz CT molecular complexity index is 561. The number of rotatable bonds is 10. The van der Waals surface area contributed by atoms with Crippen molar-refractivity contribution in [1.82, 2.24) is 15.5 Å². The number of nitrogens with one attached hydrogen (secondary N) is 2. The Hall–Kier alpha value is -1.96. The Morgan fingerprint density at radius 1 is 1.22 bits per heavy atom. The highest BCUT2D eigenvalue weighted by atomic mass is 19.4. The molecule has 2 N–H and O–H groups in total. The summed E-state index contributed by atoms with van der Waals surface area (Å²) in [5.41, 5.74) is 1.22. The van der Waals surface area contributed by atoms with Crippen molar-refractivity contribution in [3.63, 3.8) is 0 Å². The number of guanidine groups is 1. The van der Waals surface area contributed by atoms with Gasteiger partial charge in [-0.05, 0) is 44.0 Å². The van der Waals surface area contributed by atoms with Crippen molar-refractivity contribution in [1.29, 1.82) is 0 Å². The highest BCUT2D eigenvalue weighted by Gasteiger charge is 2.28. The van der Waals surface area contributed by atoms with Crippen LogP contribution in [-0.4, -0.2) is 63.9 Å². The highest BCUT2D eigenvalue weighted by Crippen LogP contribution is 2.21. The molecule has 0 heterocycles. The molecule has 1 rings (SSSR count). The summed E-state index contributed by atoms with van der Waals surface area (Å²) >= 11 is 0. The van der Waals surface area contributed by atoms with Crippen molar-refractivity contribution in [2.45, 2.75) is 32.4 Å². The van der Waals surface area contributed by atoms with Gasteiger partial charge in [0, 0.05) is 26.2 Å². The van der Waals surface area contributed by atoms with Crippen LogP contribution < -0.4 is 15.4 Å². The molecule has 0 spiro atoms. The van der Waals surface area contributed by atoms with E-state index in [2.05, 4.69) is 22.5 Å². The normalized spacial score (nSPS) is 13.6. The summed E-state index contributed by atoms with van der Waals surface area (Å²) in [5.74, 6) is 1.80. The zero-order chi connectivity index (χ0) is 20.3. The Labute approximate surface area is 160 Å². The first-order valence-electron chi connectivity index (χ1n) is 9.16. The lowest BCUT2D eigenvalue weighted by atomic mass is 9.98. The molecule has 1 unspecified atom stereocenters. The number of alkyl halides is 3. The second-order valence-electron chi connectivity index (χ2n) is 6.50. The molecular weight excluding hydrogens is 357 g/mol. The minimum Gasteiger partial charge on any atom is -0.497 e. The SMILES string of the molecule is CCNC(=NCCC(C)c1ccc(OC)cc1)NCCN(C)CC(F)(F)F. The topological polar surface area (TPSA) is 48.9 Å². The molecule has 5 nitrogen and oxygen atoms in total. The highest BCUT2D eigenvalue weighted by molar-refractivity contribution is 5.79. The molecular formula is C19H31F3N4O. The van der Waals surface area contributed by atoms with E-state index in [0.717, 1.165) is 12.2 Å². The second kappa shape index (κ2) is 11.7. The van der Waals surface area contributed by atoms with Gasteiger partial charge in [0.25, 0.3) is 0 Å². The minimum absolute atomic E-state index is 0.284. The fourth-order valence-electron chi connectivity index (χ4n) is 2.56. The molecule has 0 saturated carbocycles. The Balaban J connectivity index is 2.43. The average molecular weight is 388 g/mol. The van der Waals surface area contributed by atoms with E-state index in [0.29, 0.717) is 31.5 Å². The maximum atomic E-state index is 12.3. The molecule has 1 atom stereocenters. The fraction of sp³-hybridized carbons (Fsp3) is 0.632. The van der Waals surface area contributed by atoms with Crippen molar-refractivity contribution in [3.8, 4) is 5.75 Å². The van der Waals surface area contributed by atoms with E-state index in [-0.39, 0.29) is 6.54 Å². The minimum atomic E-state index is -4.18. The molecule has 0 fully saturated rings. The first-order chi connectivity index (χ1) is 12.7. The fourth-order valence-corrected chi connectivity index (χ4v) is 2.56. The molecule has 0 saturated heterocycles.